The maximum absolute atomic E-state index is 10.9. The number of carbonyl (C=O) groups is 3. The molecule has 0 spiro atoms. The number of nitrogens with two attached hydrogens (primary N) is 1. The third-order valence-corrected chi connectivity index (χ3v) is 1.49. The minimum atomic E-state index is -0.287. The zero-order valence-corrected chi connectivity index (χ0v) is 7.71. The standard InChI is InChI=1S/C7H14N4O3/c8-10-6(13)3-1-2-4-7(14)11-9-5-12/h5H,1-4,8H2,(H,9,12)(H,10,13)(H,11,14). The second kappa shape index (κ2) is 7.99. The topological polar surface area (TPSA) is 113 Å². The third kappa shape index (κ3) is 7.04. The molecule has 14 heavy (non-hydrogen) atoms. The Morgan fingerprint density at radius 2 is 1.71 bits per heavy atom. The van der Waals surface area contributed by atoms with E-state index in [2.05, 4.69) is 5.43 Å². The Kier molecular flexibility index (Phi) is 7.06. The molecule has 0 bridgehead atoms. The zero-order chi connectivity index (χ0) is 10.8. The average molecular weight is 202 g/mol. The second-order valence-corrected chi connectivity index (χ2v) is 2.58. The van der Waals surface area contributed by atoms with Crippen LogP contribution in [0.4, 0.5) is 0 Å². The molecular formula is C7H14N4O3. The van der Waals surface area contributed by atoms with Gasteiger partial charge in [-0.25, -0.2) is 5.84 Å². The average Bonchev–Trinajstić information content (AvgIpc) is 2.21. The van der Waals surface area contributed by atoms with Gasteiger partial charge in [0.15, 0.2) is 0 Å². The lowest BCUT2D eigenvalue weighted by Crippen LogP contribution is -2.36. The smallest absolute Gasteiger partial charge is 0.238 e. The van der Waals surface area contributed by atoms with Gasteiger partial charge in [0.05, 0.1) is 0 Å². The summed E-state index contributed by atoms with van der Waals surface area (Å²) in [5.41, 5.74) is 6.17. The van der Waals surface area contributed by atoms with Crippen molar-refractivity contribution in [2.24, 2.45) is 5.84 Å². The normalized spacial score (nSPS) is 8.93. The molecule has 0 aliphatic heterocycles. The van der Waals surface area contributed by atoms with Crippen molar-refractivity contribution in [1.82, 2.24) is 16.3 Å². The molecule has 0 radical (unpaired) electrons. The molecule has 3 amide bonds. The first-order chi connectivity index (χ1) is 6.70. The van der Waals surface area contributed by atoms with Gasteiger partial charge in [-0.2, -0.15) is 0 Å². The third-order valence-electron chi connectivity index (χ3n) is 1.49. The highest BCUT2D eigenvalue weighted by Crippen LogP contribution is 1.98. The summed E-state index contributed by atoms with van der Waals surface area (Å²) in [4.78, 5) is 31.3. The van der Waals surface area contributed by atoms with Gasteiger partial charge in [-0.05, 0) is 12.8 Å². The van der Waals surface area contributed by atoms with Gasteiger partial charge >= 0.3 is 0 Å². The van der Waals surface area contributed by atoms with Crippen LogP contribution in [0.15, 0.2) is 0 Å². The van der Waals surface area contributed by atoms with E-state index in [4.69, 9.17) is 5.84 Å². The van der Waals surface area contributed by atoms with Crippen molar-refractivity contribution in [2.45, 2.75) is 25.7 Å². The Hall–Kier alpha value is -1.63. The fourth-order valence-corrected chi connectivity index (χ4v) is 0.816. The molecule has 0 heterocycles. The summed E-state index contributed by atoms with van der Waals surface area (Å²) in [6.45, 7) is 0. The maximum Gasteiger partial charge on any atom is 0.238 e. The van der Waals surface area contributed by atoms with E-state index in [1.54, 1.807) is 0 Å². The van der Waals surface area contributed by atoms with Crippen LogP contribution in [0.2, 0.25) is 0 Å². The predicted octanol–water partition coefficient (Wildman–Crippen LogP) is -1.69. The summed E-state index contributed by atoms with van der Waals surface area (Å²) < 4.78 is 0. The Balaban J connectivity index is 3.31. The van der Waals surface area contributed by atoms with Crippen LogP contribution in [-0.2, 0) is 14.4 Å². The van der Waals surface area contributed by atoms with E-state index >= 15 is 0 Å². The maximum atomic E-state index is 10.9. The summed E-state index contributed by atoms with van der Waals surface area (Å²) >= 11 is 0. The van der Waals surface area contributed by atoms with E-state index in [0.717, 1.165) is 0 Å². The summed E-state index contributed by atoms with van der Waals surface area (Å²) in [7, 11) is 0. The summed E-state index contributed by atoms with van der Waals surface area (Å²) in [6, 6.07) is 0. The summed E-state index contributed by atoms with van der Waals surface area (Å²) in [5.74, 6) is 4.31. The molecule has 0 aromatic heterocycles. The molecule has 0 fully saturated rings. The van der Waals surface area contributed by atoms with E-state index in [-0.39, 0.29) is 18.2 Å². The Morgan fingerprint density at radius 3 is 2.21 bits per heavy atom. The lowest BCUT2D eigenvalue weighted by Gasteiger charge is -2.02. The number of carbonyl (C=O) groups excluding carboxylic acids is 3. The van der Waals surface area contributed by atoms with Crippen LogP contribution < -0.4 is 22.1 Å². The van der Waals surface area contributed by atoms with Gasteiger partial charge in [0, 0.05) is 12.8 Å². The molecule has 0 rings (SSSR count). The molecule has 0 aromatic rings. The van der Waals surface area contributed by atoms with Gasteiger partial charge in [0.25, 0.3) is 0 Å². The molecule has 0 saturated heterocycles. The van der Waals surface area contributed by atoms with Gasteiger partial charge < -0.3 is 0 Å². The van der Waals surface area contributed by atoms with E-state index < -0.39 is 0 Å². The molecule has 0 aliphatic rings. The first kappa shape index (κ1) is 12.4. The van der Waals surface area contributed by atoms with Crippen LogP contribution in [0, 0.1) is 0 Å². The Bertz CT molecular complexity index is 207. The quantitative estimate of drug-likeness (QED) is 0.130. The van der Waals surface area contributed by atoms with Gasteiger partial charge in [-0.1, -0.05) is 0 Å². The number of hydrogen-bond donors (Lipinski definition) is 4. The lowest BCUT2D eigenvalue weighted by atomic mass is 10.2. The number of rotatable bonds is 7. The van der Waals surface area contributed by atoms with Crippen molar-refractivity contribution < 1.29 is 14.4 Å². The summed E-state index contributed by atoms with van der Waals surface area (Å²) in [6.07, 6.45) is 2.08. The first-order valence-corrected chi connectivity index (χ1v) is 4.18. The highest BCUT2D eigenvalue weighted by molar-refractivity contribution is 5.77. The number of amides is 3. The predicted molar refractivity (Wildman–Crippen MR) is 48.1 cm³/mol. The van der Waals surface area contributed by atoms with Gasteiger partial charge in [-0.15, -0.1) is 0 Å². The van der Waals surface area contributed by atoms with Crippen molar-refractivity contribution in [3.8, 4) is 0 Å². The van der Waals surface area contributed by atoms with E-state index in [9.17, 15) is 14.4 Å². The van der Waals surface area contributed by atoms with Crippen LogP contribution in [0.5, 0.6) is 0 Å². The number of unbranched alkanes of at least 4 members (excludes halogenated alkanes) is 1. The highest BCUT2D eigenvalue weighted by atomic mass is 16.2. The fourth-order valence-electron chi connectivity index (χ4n) is 0.816. The molecule has 80 valence electrons. The van der Waals surface area contributed by atoms with Crippen molar-refractivity contribution in [2.75, 3.05) is 0 Å². The molecule has 7 heteroatoms. The van der Waals surface area contributed by atoms with Crippen LogP contribution in [0.1, 0.15) is 25.7 Å². The van der Waals surface area contributed by atoms with Crippen LogP contribution in [0.25, 0.3) is 0 Å². The number of nitrogens with one attached hydrogen (secondary N) is 3. The zero-order valence-electron chi connectivity index (χ0n) is 7.71. The van der Waals surface area contributed by atoms with Crippen molar-refractivity contribution in [3.05, 3.63) is 0 Å². The monoisotopic (exact) mass is 202 g/mol. The largest absolute Gasteiger partial charge is 0.294 e. The molecule has 0 aromatic carbocycles. The van der Waals surface area contributed by atoms with Crippen molar-refractivity contribution >= 4 is 18.2 Å². The van der Waals surface area contributed by atoms with Gasteiger partial charge in [0.2, 0.25) is 18.2 Å². The minimum absolute atomic E-state index is 0.253. The molecule has 0 atom stereocenters. The molecular weight excluding hydrogens is 188 g/mol. The fraction of sp³-hybridized carbons (Fsp3) is 0.571. The van der Waals surface area contributed by atoms with Gasteiger partial charge in [0.1, 0.15) is 0 Å². The Labute approximate surface area is 81.3 Å². The molecule has 5 N–H and O–H groups in total. The minimum Gasteiger partial charge on any atom is -0.294 e. The molecule has 0 aliphatic carbocycles. The molecule has 0 saturated carbocycles. The second-order valence-electron chi connectivity index (χ2n) is 2.58. The van der Waals surface area contributed by atoms with Crippen LogP contribution in [-0.4, -0.2) is 18.2 Å². The van der Waals surface area contributed by atoms with E-state index in [1.807, 2.05) is 10.9 Å². The number of hydrazine groups is 2. The number of hydrogen-bond acceptors (Lipinski definition) is 4. The van der Waals surface area contributed by atoms with E-state index in [1.165, 1.54) is 0 Å². The highest BCUT2D eigenvalue weighted by Gasteiger charge is 2.01. The van der Waals surface area contributed by atoms with Crippen molar-refractivity contribution in [3.63, 3.8) is 0 Å². The Morgan fingerprint density at radius 1 is 1.14 bits per heavy atom. The van der Waals surface area contributed by atoms with Crippen LogP contribution in [0.3, 0.4) is 0 Å². The summed E-state index contributed by atoms with van der Waals surface area (Å²) in [5, 5.41) is 0. The SMILES string of the molecule is NNC(=O)CCCCC(=O)NNC=O. The lowest BCUT2D eigenvalue weighted by molar-refractivity contribution is -0.125. The van der Waals surface area contributed by atoms with Crippen LogP contribution >= 0.6 is 0 Å². The molecule has 7 nitrogen and oxygen atoms in total. The van der Waals surface area contributed by atoms with Gasteiger partial charge in [-0.3, -0.25) is 30.7 Å². The van der Waals surface area contributed by atoms with Crippen molar-refractivity contribution in [1.29, 1.82) is 0 Å². The van der Waals surface area contributed by atoms with E-state index in [0.29, 0.717) is 25.7 Å². The first-order valence-electron chi connectivity index (χ1n) is 4.18. The molecule has 0 unspecified atom stereocenters.